The van der Waals surface area contributed by atoms with Gasteiger partial charge >= 0.3 is 5.97 Å². The highest BCUT2D eigenvalue weighted by molar-refractivity contribution is 5.85. The van der Waals surface area contributed by atoms with Crippen LogP contribution in [-0.2, 0) is 16.0 Å². The Morgan fingerprint density at radius 1 is 1.35 bits per heavy atom. The Hall–Kier alpha value is -1.88. The van der Waals surface area contributed by atoms with Gasteiger partial charge in [-0.3, -0.25) is 4.79 Å². The van der Waals surface area contributed by atoms with Crippen molar-refractivity contribution in [2.75, 3.05) is 6.61 Å². The molecular weight excluding hydrogens is 222 g/mol. The molecule has 0 radical (unpaired) electrons. The number of hydrogen-bond acceptors (Lipinski definition) is 3. The predicted molar refractivity (Wildman–Crippen MR) is 61.5 cm³/mol. The standard InChI is InChI=1S/C12H15NO4/c1-8-4-2-3-5-9(8)6-11(15)13-10(7-14)12(16)17/h2-5,10,14H,6-7H2,1H3,(H,13,15)(H,16,17). The summed E-state index contributed by atoms with van der Waals surface area (Å²) in [5, 5.41) is 19.7. The van der Waals surface area contributed by atoms with Crippen LogP contribution in [0.3, 0.4) is 0 Å². The van der Waals surface area contributed by atoms with Crippen LogP contribution in [0.5, 0.6) is 0 Å². The Labute approximate surface area is 99.1 Å². The van der Waals surface area contributed by atoms with Crippen molar-refractivity contribution in [2.24, 2.45) is 0 Å². The number of aryl methyl sites for hydroxylation is 1. The van der Waals surface area contributed by atoms with Crippen molar-refractivity contribution in [1.29, 1.82) is 0 Å². The molecule has 1 aromatic rings. The second kappa shape index (κ2) is 6.00. The zero-order valence-corrected chi connectivity index (χ0v) is 9.51. The van der Waals surface area contributed by atoms with Crippen molar-refractivity contribution in [3.05, 3.63) is 35.4 Å². The summed E-state index contributed by atoms with van der Waals surface area (Å²) < 4.78 is 0. The quantitative estimate of drug-likeness (QED) is 0.678. The molecule has 1 atom stereocenters. The molecule has 17 heavy (non-hydrogen) atoms. The van der Waals surface area contributed by atoms with Gasteiger partial charge in [0, 0.05) is 0 Å². The lowest BCUT2D eigenvalue weighted by atomic mass is 10.1. The van der Waals surface area contributed by atoms with Gasteiger partial charge in [0.25, 0.3) is 0 Å². The van der Waals surface area contributed by atoms with E-state index in [1.165, 1.54) is 0 Å². The smallest absolute Gasteiger partial charge is 0.328 e. The van der Waals surface area contributed by atoms with Crippen LogP contribution in [0.4, 0.5) is 0 Å². The number of carbonyl (C=O) groups excluding carboxylic acids is 1. The topological polar surface area (TPSA) is 86.6 Å². The fraction of sp³-hybridized carbons (Fsp3) is 0.333. The number of aliphatic carboxylic acids is 1. The Bertz CT molecular complexity index is 417. The molecule has 1 aromatic carbocycles. The molecule has 1 amide bonds. The normalized spacial score (nSPS) is 11.9. The van der Waals surface area contributed by atoms with Crippen LogP contribution in [0.2, 0.25) is 0 Å². The molecule has 0 saturated carbocycles. The van der Waals surface area contributed by atoms with Crippen molar-refractivity contribution < 1.29 is 19.8 Å². The van der Waals surface area contributed by atoms with Crippen molar-refractivity contribution in [1.82, 2.24) is 5.32 Å². The minimum absolute atomic E-state index is 0.108. The SMILES string of the molecule is Cc1ccccc1CC(=O)NC(CO)C(=O)O. The Balaban J connectivity index is 2.61. The van der Waals surface area contributed by atoms with Crippen molar-refractivity contribution in [3.8, 4) is 0 Å². The van der Waals surface area contributed by atoms with Gasteiger partial charge in [0.2, 0.25) is 5.91 Å². The van der Waals surface area contributed by atoms with Gasteiger partial charge in [-0.15, -0.1) is 0 Å². The van der Waals surface area contributed by atoms with Crippen LogP contribution in [0.25, 0.3) is 0 Å². The largest absolute Gasteiger partial charge is 0.480 e. The van der Waals surface area contributed by atoms with E-state index < -0.39 is 24.5 Å². The third-order valence-electron chi connectivity index (χ3n) is 2.43. The molecule has 5 nitrogen and oxygen atoms in total. The number of aliphatic hydroxyl groups excluding tert-OH is 1. The summed E-state index contributed by atoms with van der Waals surface area (Å²) in [4.78, 5) is 22.2. The van der Waals surface area contributed by atoms with Crippen LogP contribution in [0.1, 0.15) is 11.1 Å². The number of carbonyl (C=O) groups is 2. The van der Waals surface area contributed by atoms with Gasteiger partial charge in [0.15, 0.2) is 0 Å². The van der Waals surface area contributed by atoms with Gasteiger partial charge in [-0.2, -0.15) is 0 Å². The number of nitrogens with one attached hydrogen (secondary N) is 1. The van der Waals surface area contributed by atoms with Crippen molar-refractivity contribution in [3.63, 3.8) is 0 Å². The van der Waals surface area contributed by atoms with E-state index in [9.17, 15) is 9.59 Å². The van der Waals surface area contributed by atoms with E-state index in [4.69, 9.17) is 10.2 Å². The molecule has 0 spiro atoms. The van der Waals surface area contributed by atoms with E-state index in [0.717, 1.165) is 11.1 Å². The van der Waals surface area contributed by atoms with E-state index in [-0.39, 0.29) is 6.42 Å². The molecular formula is C12H15NO4. The van der Waals surface area contributed by atoms with Crippen molar-refractivity contribution >= 4 is 11.9 Å². The maximum Gasteiger partial charge on any atom is 0.328 e. The maximum atomic E-state index is 11.6. The Morgan fingerprint density at radius 3 is 2.53 bits per heavy atom. The minimum atomic E-state index is -1.24. The second-order valence-electron chi connectivity index (χ2n) is 3.74. The van der Waals surface area contributed by atoms with Crippen LogP contribution in [0.15, 0.2) is 24.3 Å². The Kier molecular flexibility index (Phi) is 4.66. The summed E-state index contributed by atoms with van der Waals surface area (Å²) in [6, 6.07) is 6.12. The molecule has 0 fully saturated rings. The van der Waals surface area contributed by atoms with E-state index in [2.05, 4.69) is 5.32 Å². The molecule has 0 aliphatic carbocycles. The number of carboxylic acid groups (broad SMARTS) is 1. The van der Waals surface area contributed by atoms with Crippen LogP contribution in [-0.4, -0.2) is 34.7 Å². The first-order chi connectivity index (χ1) is 8.04. The van der Waals surface area contributed by atoms with Crippen molar-refractivity contribution in [2.45, 2.75) is 19.4 Å². The molecule has 0 aromatic heterocycles. The first-order valence-electron chi connectivity index (χ1n) is 5.22. The predicted octanol–water partition coefficient (Wildman–Crippen LogP) is 0.0992. The van der Waals surface area contributed by atoms with E-state index in [0.29, 0.717) is 0 Å². The van der Waals surface area contributed by atoms with Gasteiger partial charge < -0.3 is 15.5 Å². The number of aliphatic hydroxyl groups is 1. The highest BCUT2D eigenvalue weighted by Gasteiger charge is 2.18. The summed E-state index contributed by atoms with van der Waals surface area (Å²) in [5.74, 6) is -1.66. The zero-order valence-electron chi connectivity index (χ0n) is 9.51. The van der Waals surface area contributed by atoms with Gasteiger partial charge in [-0.1, -0.05) is 24.3 Å². The number of benzene rings is 1. The maximum absolute atomic E-state index is 11.6. The molecule has 0 heterocycles. The second-order valence-corrected chi connectivity index (χ2v) is 3.74. The summed E-state index contributed by atoms with van der Waals surface area (Å²) >= 11 is 0. The average Bonchev–Trinajstić information content (AvgIpc) is 2.28. The summed E-state index contributed by atoms with van der Waals surface area (Å²) in [5.41, 5.74) is 1.81. The fourth-order valence-electron chi connectivity index (χ4n) is 1.41. The van der Waals surface area contributed by atoms with E-state index >= 15 is 0 Å². The lowest BCUT2D eigenvalue weighted by Crippen LogP contribution is -2.44. The Morgan fingerprint density at radius 2 is 2.00 bits per heavy atom. The van der Waals surface area contributed by atoms with E-state index in [1.54, 1.807) is 0 Å². The molecule has 1 rings (SSSR count). The molecule has 0 aliphatic heterocycles. The molecule has 92 valence electrons. The van der Waals surface area contributed by atoms with Gasteiger partial charge in [-0.25, -0.2) is 4.79 Å². The molecule has 0 saturated heterocycles. The molecule has 0 bridgehead atoms. The number of carboxylic acids is 1. The third-order valence-corrected chi connectivity index (χ3v) is 2.43. The monoisotopic (exact) mass is 237 g/mol. The van der Waals surface area contributed by atoms with Crippen LogP contribution >= 0.6 is 0 Å². The van der Waals surface area contributed by atoms with Gasteiger partial charge in [0.1, 0.15) is 6.04 Å². The zero-order chi connectivity index (χ0) is 12.8. The first kappa shape index (κ1) is 13.2. The summed E-state index contributed by atoms with van der Waals surface area (Å²) in [6.07, 6.45) is 0.108. The lowest BCUT2D eigenvalue weighted by molar-refractivity contribution is -0.142. The summed E-state index contributed by atoms with van der Waals surface area (Å²) in [7, 11) is 0. The number of hydrogen-bond donors (Lipinski definition) is 3. The molecule has 3 N–H and O–H groups in total. The third kappa shape index (κ3) is 3.88. The summed E-state index contributed by atoms with van der Waals surface area (Å²) in [6.45, 7) is 1.26. The van der Waals surface area contributed by atoms with Gasteiger partial charge in [-0.05, 0) is 18.1 Å². The highest BCUT2D eigenvalue weighted by atomic mass is 16.4. The molecule has 0 aliphatic rings. The highest BCUT2D eigenvalue weighted by Crippen LogP contribution is 2.07. The average molecular weight is 237 g/mol. The first-order valence-corrected chi connectivity index (χ1v) is 5.22. The lowest BCUT2D eigenvalue weighted by Gasteiger charge is -2.12. The molecule has 5 heteroatoms. The van der Waals surface area contributed by atoms with Crippen LogP contribution in [0, 0.1) is 6.92 Å². The minimum Gasteiger partial charge on any atom is -0.480 e. The number of amides is 1. The van der Waals surface area contributed by atoms with E-state index in [1.807, 2.05) is 31.2 Å². The molecule has 1 unspecified atom stereocenters. The van der Waals surface area contributed by atoms with Crippen LogP contribution < -0.4 is 5.32 Å². The fourth-order valence-corrected chi connectivity index (χ4v) is 1.41. The number of rotatable bonds is 5. The van der Waals surface area contributed by atoms with Gasteiger partial charge in [0.05, 0.1) is 13.0 Å².